The molecule has 0 saturated carbocycles. The summed E-state index contributed by atoms with van der Waals surface area (Å²) in [6.07, 6.45) is 0. The molecular weight excluding hydrogens is 631 g/mol. The number of rotatable bonds is 5. The molecule has 0 bridgehead atoms. The van der Waals surface area contributed by atoms with E-state index in [4.69, 9.17) is 15.0 Å². The Morgan fingerprint density at radius 2 is 0.788 bits per heavy atom. The summed E-state index contributed by atoms with van der Waals surface area (Å²) in [6.45, 7) is 9.50. The first-order valence-corrected chi connectivity index (χ1v) is 18.0. The monoisotopic (exact) mass is 669 g/mol. The highest BCUT2D eigenvalue weighted by Crippen LogP contribution is 2.54. The lowest BCUT2D eigenvalue weighted by molar-refractivity contribution is 0.299. The van der Waals surface area contributed by atoms with Gasteiger partial charge in [0.25, 0.3) is 0 Å². The average Bonchev–Trinajstić information content (AvgIpc) is 3.20. The third-order valence-corrected chi connectivity index (χ3v) is 11.5. The minimum atomic E-state index is -0.0502. The van der Waals surface area contributed by atoms with Crippen molar-refractivity contribution >= 4 is 10.8 Å². The summed E-state index contributed by atoms with van der Waals surface area (Å²) in [5, 5.41) is 2.31. The number of nitrogens with zero attached hydrogens (tertiary/aromatic N) is 3. The fraction of sp³-hybridized carbons (Fsp3) is 0.122. The van der Waals surface area contributed by atoms with Crippen molar-refractivity contribution in [2.24, 2.45) is 0 Å². The van der Waals surface area contributed by atoms with Crippen LogP contribution in [0.25, 0.3) is 78.3 Å². The zero-order valence-electron chi connectivity index (χ0n) is 29.9. The van der Waals surface area contributed by atoms with Crippen LogP contribution in [0.1, 0.15) is 38.8 Å². The van der Waals surface area contributed by atoms with Crippen molar-refractivity contribution in [1.82, 2.24) is 15.0 Å². The van der Waals surface area contributed by atoms with Gasteiger partial charge < -0.3 is 0 Å². The molecule has 8 aromatic rings. The molecule has 0 fully saturated rings. The Morgan fingerprint density at radius 3 is 1.48 bits per heavy atom. The maximum Gasteiger partial charge on any atom is 0.164 e. The van der Waals surface area contributed by atoms with Crippen molar-refractivity contribution in [1.29, 1.82) is 0 Å². The van der Waals surface area contributed by atoms with E-state index in [0.717, 1.165) is 33.2 Å². The molecule has 9 rings (SSSR count). The Bertz CT molecular complexity index is 2620. The van der Waals surface area contributed by atoms with E-state index >= 15 is 0 Å². The van der Waals surface area contributed by atoms with E-state index in [1.54, 1.807) is 0 Å². The van der Waals surface area contributed by atoms with Crippen LogP contribution in [0.15, 0.2) is 164 Å². The topological polar surface area (TPSA) is 38.7 Å². The van der Waals surface area contributed by atoms with Gasteiger partial charge >= 0.3 is 0 Å². The lowest BCUT2D eigenvalue weighted by Crippen LogP contribution is -2.43. The van der Waals surface area contributed by atoms with Gasteiger partial charge in [-0.15, -0.1) is 0 Å². The van der Waals surface area contributed by atoms with Gasteiger partial charge in [0.2, 0.25) is 0 Å². The second-order valence-electron chi connectivity index (χ2n) is 14.9. The molecular formula is C49H39N3. The summed E-state index contributed by atoms with van der Waals surface area (Å²) in [7, 11) is 0. The van der Waals surface area contributed by atoms with Crippen molar-refractivity contribution in [3.8, 4) is 67.5 Å². The standard InChI is InChI=1S/C49H39N3/c1-48(2)43-22-14-13-20-40(43)42-31-37(27-28-44(42)49(48,3)4)39-19-11-12-21-41(39)47-51-45(33-17-9-6-10-18-33)50-46(52-47)38-26-25-35-29-34(23-24-36(35)30-38)32-15-7-5-8-16-32/h5-31H,1-4H3. The zero-order chi connectivity index (χ0) is 35.5. The van der Waals surface area contributed by atoms with Crippen molar-refractivity contribution < 1.29 is 0 Å². The van der Waals surface area contributed by atoms with Crippen molar-refractivity contribution in [2.45, 2.75) is 38.5 Å². The van der Waals surface area contributed by atoms with E-state index in [0.29, 0.717) is 17.5 Å². The van der Waals surface area contributed by atoms with Gasteiger partial charge in [-0.1, -0.05) is 173 Å². The van der Waals surface area contributed by atoms with E-state index in [2.05, 4.69) is 173 Å². The van der Waals surface area contributed by atoms with E-state index < -0.39 is 0 Å². The van der Waals surface area contributed by atoms with E-state index in [1.165, 1.54) is 38.8 Å². The number of fused-ring (bicyclic) bond motifs is 4. The number of aromatic nitrogens is 3. The normalized spacial score (nSPS) is 14.1. The first-order chi connectivity index (χ1) is 25.3. The minimum Gasteiger partial charge on any atom is -0.208 e. The number of hydrogen-bond donors (Lipinski definition) is 0. The second-order valence-corrected chi connectivity index (χ2v) is 14.9. The number of benzene rings is 7. The van der Waals surface area contributed by atoms with Crippen LogP contribution in [0.4, 0.5) is 0 Å². The highest BCUT2D eigenvalue weighted by Gasteiger charge is 2.45. The molecule has 250 valence electrons. The summed E-state index contributed by atoms with van der Waals surface area (Å²) in [4.78, 5) is 15.4. The molecule has 52 heavy (non-hydrogen) atoms. The van der Waals surface area contributed by atoms with Gasteiger partial charge in [0.05, 0.1) is 0 Å². The maximum absolute atomic E-state index is 5.20. The Balaban J connectivity index is 1.19. The molecule has 1 aromatic heterocycles. The molecule has 0 N–H and O–H groups in total. The molecule has 1 heterocycles. The first-order valence-electron chi connectivity index (χ1n) is 18.0. The summed E-state index contributed by atoms with van der Waals surface area (Å²) in [5.41, 5.74) is 12.8. The van der Waals surface area contributed by atoms with Crippen LogP contribution >= 0.6 is 0 Å². The molecule has 0 aliphatic heterocycles. The minimum absolute atomic E-state index is 0.0158. The summed E-state index contributed by atoms with van der Waals surface area (Å²) in [6, 6.07) is 58.2. The SMILES string of the molecule is CC1(C)c2ccccc2-c2cc(-c3ccccc3-c3nc(-c4ccccc4)nc(-c4ccc5cc(-c6ccccc6)ccc5c4)n3)ccc2C1(C)C. The van der Waals surface area contributed by atoms with Gasteiger partial charge in [-0.2, -0.15) is 0 Å². The van der Waals surface area contributed by atoms with Crippen LogP contribution in [0.5, 0.6) is 0 Å². The van der Waals surface area contributed by atoms with Gasteiger partial charge in [-0.25, -0.2) is 15.0 Å². The molecule has 0 saturated heterocycles. The summed E-state index contributed by atoms with van der Waals surface area (Å²) < 4.78 is 0. The van der Waals surface area contributed by atoms with Crippen molar-refractivity contribution in [3.05, 3.63) is 175 Å². The Morgan fingerprint density at radius 1 is 0.308 bits per heavy atom. The highest BCUT2D eigenvalue weighted by molar-refractivity contribution is 5.91. The predicted octanol–water partition coefficient (Wildman–Crippen LogP) is 12.6. The van der Waals surface area contributed by atoms with E-state index in [1.807, 2.05) is 18.2 Å². The van der Waals surface area contributed by atoms with Crippen LogP contribution in [-0.2, 0) is 10.8 Å². The molecule has 0 atom stereocenters. The second kappa shape index (κ2) is 12.2. The Kier molecular flexibility index (Phi) is 7.48. The molecule has 1 aliphatic rings. The maximum atomic E-state index is 5.20. The van der Waals surface area contributed by atoms with Crippen LogP contribution in [0.3, 0.4) is 0 Å². The molecule has 0 amide bonds. The fourth-order valence-electron chi connectivity index (χ4n) is 7.88. The Hall–Kier alpha value is -6.19. The van der Waals surface area contributed by atoms with Gasteiger partial charge in [0.1, 0.15) is 0 Å². The lowest BCUT2D eigenvalue weighted by atomic mass is 9.55. The van der Waals surface area contributed by atoms with Gasteiger partial charge in [0, 0.05) is 16.7 Å². The predicted molar refractivity (Wildman–Crippen MR) is 216 cm³/mol. The van der Waals surface area contributed by atoms with Crippen LogP contribution in [0, 0.1) is 0 Å². The molecule has 7 aromatic carbocycles. The lowest BCUT2D eigenvalue weighted by Gasteiger charge is -2.48. The largest absolute Gasteiger partial charge is 0.208 e. The third-order valence-electron chi connectivity index (χ3n) is 11.5. The Labute approximate surface area is 305 Å². The molecule has 3 nitrogen and oxygen atoms in total. The highest BCUT2D eigenvalue weighted by atomic mass is 15.0. The third kappa shape index (κ3) is 5.24. The molecule has 0 unspecified atom stereocenters. The first kappa shape index (κ1) is 31.8. The molecule has 0 radical (unpaired) electrons. The van der Waals surface area contributed by atoms with E-state index in [-0.39, 0.29) is 10.8 Å². The van der Waals surface area contributed by atoms with Crippen molar-refractivity contribution in [3.63, 3.8) is 0 Å². The van der Waals surface area contributed by atoms with Gasteiger partial charge in [0.15, 0.2) is 17.5 Å². The van der Waals surface area contributed by atoms with Crippen LogP contribution < -0.4 is 0 Å². The van der Waals surface area contributed by atoms with Crippen molar-refractivity contribution in [2.75, 3.05) is 0 Å². The molecule has 1 aliphatic carbocycles. The fourth-order valence-corrected chi connectivity index (χ4v) is 7.88. The summed E-state index contributed by atoms with van der Waals surface area (Å²) >= 11 is 0. The van der Waals surface area contributed by atoms with E-state index in [9.17, 15) is 0 Å². The van der Waals surface area contributed by atoms with Crippen LogP contribution in [0.2, 0.25) is 0 Å². The molecule has 0 spiro atoms. The smallest absolute Gasteiger partial charge is 0.164 e. The molecule has 3 heteroatoms. The number of hydrogen-bond acceptors (Lipinski definition) is 3. The van der Waals surface area contributed by atoms with Gasteiger partial charge in [-0.05, 0) is 84.3 Å². The van der Waals surface area contributed by atoms with Crippen LogP contribution in [-0.4, -0.2) is 15.0 Å². The average molecular weight is 670 g/mol. The quantitative estimate of drug-likeness (QED) is 0.183. The van der Waals surface area contributed by atoms with Gasteiger partial charge in [-0.3, -0.25) is 0 Å². The zero-order valence-corrected chi connectivity index (χ0v) is 29.9. The summed E-state index contributed by atoms with van der Waals surface area (Å²) in [5.74, 6) is 1.95.